The second kappa shape index (κ2) is 14.8. The zero-order chi connectivity index (χ0) is 49.2. The van der Waals surface area contributed by atoms with E-state index >= 15 is 0 Å². The molecule has 0 fully saturated rings. The number of furan rings is 1. The van der Waals surface area contributed by atoms with Crippen LogP contribution in [0.3, 0.4) is 0 Å². The zero-order valence-electron chi connectivity index (χ0n) is 44.3. The Kier molecular flexibility index (Phi) is 9.54. The van der Waals surface area contributed by atoms with E-state index in [1.54, 1.807) is 0 Å². The largest absolute Gasteiger partial charge is 0.455 e. The number of hydrogen-bond acceptors (Lipinski definition) is 3. The first kappa shape index (κ1) is 45.2. The molecule has 12 rings (SSSR count). The Morgan fingerprint density at radius 1 is 0.443 bits per heavy atom. The van der Waals surface area contributed by atoms with Gasteiger partial charge in [0.05, 0.1) is 0 Å². The highest BCUT2D eigenvalue weighted by molar-refractivity contribution is 7.00. The summed E-state index contributed by atoms with van der Waals surface area (Å²) in [5, 5.41) is 2.30. The van der Waals surface area contributed by atoms with Crippen molar-refractivity contribution in [2.45, 2.75) is 155 Å². The van der Waals surface area contributed by atoms with Crippen LogP contribution in [0.5, 0.6) is 0 Å². The first-order valence-electron chi connectivity index (χ1n) is 26.2. The summed E-state index contributed by atoms with van der Waals surface area (Å²) in [6.45, 7) is 34.0. The molecule has 2 aliphatic carbocycles. The van der Waals surface area contributed by atoms with Gasteiger partial charge in [-0.25, -0.2) is 0 Å². The van der Waals surface area contributed by atoms with E-state index in [1.165, 1.54) is 104 Å². The van der Waals surface area contributed by atoms with Crippen LogP contribution in [0.15, 0.2) is 132 Å². The van der Waals surface area contributed by atoms with Gasteiger partial charge >= 0.3 is 0 Å². The molecule has 0 unspecified atom stereocenters. The van der Waals surface area contributed by atoms with E-state index in [2.05, 4.69) is 234 Å². The summed E-state index contributed by atoms with van der Waals surface area (Å²) in [6.07, 6.45) is 4.71. The van der Waals surface area contributed by atoms with Crippen molar-refractivity contribution in [3.8, 4) is 11.1 Å². The summed E-state index contributed by atoms with van der Waals surface area (Å²) >= 11 is 0. The lowest BCUT2D eigenvalue weighted by Gasteiger charge is -2.48. The molecule has 3 heterocycles. The Morgan fingerprint density at radius 2 is 0.986 bits per heavy atom. The van der Waals surface area contributed by atoms with Gasteiger partial charge < -0.3 is 14.2 Å². The standard InChI is InChI=1S/C66H71BN2O/c1-61(2,3)41-25-28-52-54(34-41)68(43-20-17-19-40(33-43)45-22-18-23-47-46-21-15-16-24-58(46)70-60(45)47)56-35-42(62(4,5)6)36-57-59(56)67(52)53-38-50-51(66(13,14)32-31-65(50,11)12)39-55(53)69(57)44-26-27-48-49(37-44)64(9,10)30-29-63(48,7)8/h15-28,33-39H,29-32H2,1-14H3. The van der Waals surface area contributed by atoms with E-state index in [1.807, 2.05) is 0 Å². The van der Waals surface area contributed by atoms with Gasteiger partial charge in [0.25, 0.3) is 6.71 Å². The minimum Gasteiger partial charge on any atom is -0.455 e. The molecule has 8 aromatic rings. The minimum absolute atomic E-state index is 0.0251. The van der Waals surface area contributed by atoms with Gasteiger partial charge in [-0.05, 0) is 168 Å². The monoisotopic (exact) mass is 919 g/mol. The van der Waals surface area contributed by atoms with Crippen LogP contribution >= 0.6 is 0 Å². The van der Waals surface area contributed by atoms with Crippen molar-refractivity contribution in [2.24, 2.45) is 0 Å². The number of fused-ring (bicyclic) bond motifs is 9. The van der Waals surface area contributed by atoms with E-state index in [0.29, 0.717) is 0 Å². The number of nitrogens with zero attached hydrogens (tertiary/aromatic N) is 2. The van der Waals surface area contributed by atoms with Gasteiger partial charge in [0.2, 0.25) is 0 Å². The Labute approximate surface area is 418 Å². The molecule has 0 N–H and O–H groups in total. The molecule has 3 nitrogen and oxygen atoms in total. The van der Waals surface area contributed by atoms with Crippen LogP contribution in [-0.2, 0) is 32.5 Å². The van der Waals surface area contributed by atoms with E-state index in [0.717, 1.165) is 38.8 Å². The molecular weight excluding hydrogens is 848 g/mol. The fourth-order valence-corrected chi connectivity index (χ4v) is 13.0. The Morgan fingerprint density at radius 3 is 1.64 bits per heavy atom. The molecule has 354 valence electrons. The van der Waals surface area contributed by atoms with Gasteiger partial charge in [-0.15, -0.1) is 0 Å². The number of anilines is 6. The molecule has 4 heteroatoms. The van der Waals surface area contributed by atoms with Crippen LogP contribution in [-0.4, -0.2) is 6.71 Å². The van der Waals surface area contributed by atoms with Gasteiger partial charge in [-0.3, -0.25) is 0 Å². The quantitative estimate of drug-likeness (QED) is 0.165. The van der Waals surface area contributed by atoms with Gasteiger partial charge in [0, 0.05) is 50.5 Å². The summed E-state index contributed by atoms with van der Waals surface area (Å²) < 4.78 is 6.69. The highest BCUT2D eigenvalue weighted by Gasteiger charge is 2.48. The third-order valence-corrected chi connectivity index (χ3v) is 17.7. The lowest BCUT2D eigenvalue weighted by Crippen LogP contribution is -2.62. The molecule has 0 saturated carbocycles. The fourth-order valence-electron chi connectivity index (χ4n) is 13.0. The average molecular weight is 919 g/mol. The molecule has 0 saturated heterocycles. The number of rotatable bonds is 3. The molecule has 4 aliphatic rings. The molecule has 0 spiro atoms. The lowest BCUT2D eigenvalue weighted by molar-refractivity contribution is 0.332. The van der Waals surface area contributed by atoms with Crippen LogP contribution < -0.4 is 26.2 Å². The third-order valence-electron chi connectivity index (χ3n) is 17.7. The van der Waals surface area contributed by atoms with Gasteiger partial charge in [-0.1, -0.05) is 170 Å². The van der Waals surface area contributed by atoms with E-state index in [-0.39, 0.29) is 39.2 Å². The van der Waals surface area contributed by atoms with Crippen molar-refractivity contribution in [3.63, 3.8) is 0 Å². The number of para-hydroxylation sites is 2. The summed E-state index contributed by atoms with van der Waals surface area (Å²) in [5.41, 5.74) is 24.5. The SMILES string of the molecule is CC(C)(C)c1ccc2c(c1)N(c1cccc(-c3cccc4c3oc3ccccc34)c1)c1cc(C(C)(C)C)cc3c1B2c1cc2c(cc1N3c1ccc3c(c1)C(C)(C)CCC3(C)C)C(C)(C)CCC2(C)C. The second-order valence-corrected chi connectivity index (χ2v) is 26.4. The van der Waals surface area contributed by atoms with E-state index < -0.39 is 0 Å². The smallest absolute Gasteiger partial charge is 0.252 e. The number of hydrogen-bond donors (Lipinski definition) is 0. The molecule has 1 aromatic heterocycles. The molecule has 0 bridgehead atoms. The molecular formula is C66H71BN2O. The zero-order valence-corrected chi connectivity index (χ0v) is 44.3. The topological polar surface area (TPSA) is 19.6 Å². The van der Waals surface area contributed by atoms with E-state index in [9.17, 15) is 0 Å². The Balaban J connectivity index is 1.18. The van der Waals surface area contributed by atoms with Crippen LogP contribution in [0.2, 0.25) is 0 Å². The predicted octanol–water partition coefficient (Wildman–Crippen LogP) is 16.6. The first-order valence-corrected chi connectivity index (χ1v) is 26.2. The fraction of sp³-hybridized carbons (Fsp3) is 0.364. The molecule has 0 radical (unpaired) electrons. The molecule has 2 aliphatic heterocycles. The molecule has 0 amide bonds. The van der Waals surface area contributed by atoms with Crippen molar-refractivity contribution in [1.82, 2.24) is 0 Å². The van der Waals surface area contributed by atoms with Gasteiger partial charge in [0.15, 0.2) is 0 Å². The summed E-state index contributed by atoms with van der Waals surface area (Å²) in [6, 6.07) is 49.7. The first-order chi connectivity index (χ1) is 32.9. The minimum atomic E-state index is -0.130. The van der Waals surface area contributed by atoms with Crippen LogP contribution in [0.1, 0.15) is 156 Å². The van der Waals surface area contributed by atoms with Crippen molar-refractivity contribution in [2.75, 3.05) is 9.80 Å². The highest BCUT2D eigenvalue weighted by atomic mass is 16.3. The average Bonchev–Trinajstić information content (AvgIpc) is 3.70. The molecule has 7 aromatic carbocycles. The highest BCUT2D eigenvalue weighted by Crippen LogP contribution is 2.53. The van der Waals surface area contributed by atoms with Crippen molar-refractivity contribution >= 4 is 79.2 Å². The van der Waals surface area contributed by atoms with Gasteiger partial charge in [-0.2, -0.15) is 0 Å². The Bertz CT molecular complexity index is 3490. The third kappa shape index (κ3) is 6.74. The Hall–Kier alpha value is -6.00. The number of benzene rings is 7. The summed E-state index contributed by atoms with van der Waals surface area (Å²) in [7, 11) is 0. The maximum atomic E-state index is 6.69. The van der Waals surface area contributed by atoms with Crippen molar-refractivity contribution in [1.29, 1.82) is 0 Å². The normalized spacial score (nSPS) is 18.3. The van der Waals surface area contributed by atoms with Crippen molar-refractivity contribution in [3.05, 3.63) is 161 Å². The lowest BCUT2D eigenvalue weighted by atomic mass is 9.33. The molecule has 70 heavy (non-hydrogen) atoms. The molecule has 0 atom stereocenters. The second-order valence-electron chi connectivity index (χ2n) is 26.4. The van der Waals surface area contributed by atoms with Crippen molar-refractivity contribution < 1.29 is 4.42 Å². The summed E-state index contributed by atoms with van der Waals surface area (Å²) in [5.74, 6) is 0. The maximum absolute atomic E-state index is 6.69. The van der Waals surface area contributed by atoms with Crippen LogP contribution in [0.4, 0.5) is 34.1 Å². The van der Waals surface area contributed by atoms with Crippen LogP contribution in [0.25, 0.3) is 33.1 Å². The van der Waals surface area contributed by atoms with Gasteiger partial charge in [0.1, 0.15) is 11.2 Å². The van der Waals surface area contributed by atoms with Crippen LogP contribution in [0, 0.1) is 0 Å². The summed E-state index contributed by atoms with van der Waals surface area (Å²) in [4.78, 5) is 5.34. The maximum Gasteiger partial charge on any atom is 0.252 e. The van der Waals surface area contributed by atoms with E-state index in [4.69, 9.17) is 4.42 Å². The predicted molar refractivity (Wildman–Crippen MR) is 301 cm³/mol.